The normalized spacial score (nSPS) is 14.3. The van der Waals surface area contributed by atoms with Crippen LogP contribution in [0.2, 0.25) is 0 Å². The van der Waals surface area contributed by atoms with Gasteiger partial charge in [-0.3, -0.25) is 4.90 Å². The molecule has 2 heterocycles. The number of hydrogen-bond acceptors (Lipinski definition) is 4. The van der Waals surface area contributed by atoms with Crippen molar-refractivity contribution in [1.29, 1.82) is 0 Å². The van der Waals surface area contributed by atoms with Crippen molar-refractivity contribution in [2.24, 2.45) is 0 Å². The number of aryl methyl sites for hydroxylation is 1. The minimum absolute atomic E-state index is 0. The van der Waals surface area contributed by atoms with E-state index in [1.165, 1.54) is 11.1 Å². The molecule has 1 aliphatic heterocycles. The maximum atomic E-state index is 5.72. The van der Waals surface area contributed by atoms with Gasteiger partial charge in [0.2, 0.25) is 5.88 Å². The fourth-order valence-corrected chi connectivity index (χ4v) is 2.81. The first-order valence-electron chi connectivity index (χ1n) is 8.37. The Labute approximate surface area is 162 Å². The molecule has 0 saturated carbocycles. The molecule has 1 saturated heterocycles. The third-order valence-electron chi connectivity index (χ3n) is 4.14. The zero-order valence-electron chi connectivity index (χ0n) is 14.6. The van der Waals surface area contributed by atoms with Gasteiger partial charge in [-0.05, 0) is 24.1 Å². The second kappa shape index (κ2) is 11.3. The maximum absolute atomic E-state index is 5.72. The third kappa shape index (κ3) is 7.20. The van der Waals surface area contributed by atoms with Gasteiger partial charge >= 0.3 is 0 Å². The predicted molar refractivity (Wildman–Crippen MR) is 107 cm³/mol. The summed E-state index contributed by atoms with van der Waals surface area (Å²) in [5, 5.41) is 3.39. The van der Waals surface area contributed by atoms with Crippen molar-refractivity contribution in [2.75, 3.05) is 32.8 Å². The number of ether oxygens (including phenoxy) is 1. The second-order valence-electron chi connectivity index (χ2n) is 6.06. The van der Waals surface area contributed by atoms with Gasteiger partial charge in [0.05, 0.1) is 6.61 Å². The van der Waals surface area contributed by atoms with E-state index in [-0.39, 0.29) is 24.8 Å². The van der Waals surface area contributed by atoms with Crippen molar-refractivity contribution < 1.29 is 4.74 Å². The van der Waals surface area contributed by atoms with E-state index in [0.717, 1.165) is 44.8 Å². The van der Waals surface area contributed by atoms with Crippen LogP contribution in [0, 0.1) is 6.92 Å². The van der Waals surface area contributed by atoms with E-state index in [2.05, 4.69) is 39.5 Å². The van der Waals surface area contributed by atoms with Crippen LogP contribution < -0.4 is 10.1 Å². The zero-order valence-corrected chi connectivity index (χ0v) is 16.2. The highest BCUT2D eigenvalue weighted by atomic mass is 35.5. The van der Waals surface area contributed by atoms with Crippen molar-refractivity contribution >= 4 is 24.8 Å². The summed E-state index contributed by atoms with van der Waals surface area (Å²) in [7, 11) is 0. The number of pyridine rings is 1. The summed E-state index contributed by atoms with van der Waals surface area (Å²) in [5.41, 5.74) is 3.68. The van der Waals surface area contributed by atoms with Crippen LogP contribution in [0.3, 0.4) is 0 Å². The van der Waals surface area contributed by atoms with Gasteiger partial charge < -0.3 is 10.1 Å². The second-order valence-corrected chi connectivity index (χ2v) is 6.06. The topological polar surface area (TPSA) is 37.4 Å². The lowest BCUT2D eigenvalue weighted by Gasteiger charge is -2.27. The van der Waals surface area contributed by atoms with Gasteiger partial charge in [-0.1, -0.05) is 30.3 Å². The molecular formula is C19H27Cl2N3O. The lowest BCUT2D eigenvalue weighted by atomic mass is 10.1. The highest BCUT2D eigenvalue weighted by Gasteiger charge is 2.09. The Hall–Kier alpha value is -1.33. The Morgan fingerprint density at radius 3 is 2.36 bits per heavy atom. The van der Waals surface area contributed by atoms with E-state index in [9.17, 15) is 0 Å². The van der Waals surface area contributed by atoms with Gasteiger partial charge in [0, 0.05) is 50.9 Å². The maximum Gasteiger partial charge on any atom is 0.213 e. The smallest absolute Gasteiger partial charge is 0.213 e. The molecule has 0 atom stereocenters. The van der Waals surface area contributed by atoms with Crippen LogP contribution >= 0.6 is 24.8 Å². The van der Waals surface area contributed by atoms with Gasteiger partial charge in [-0.15, -0.1) is 24.8 Å². The van der Waals surface area contributed by atoms with Crippen LogP contribution in [0.4, 0.5) is 0 Å². The molecule has 0 spiro atoms. The van der Waals surface area contributed by atoms with Gasteiger partial charge in [0.15, 0.2) is 0 Å². The number of rotatable bonds is 6. The van der Waals surface area contributed by atoms with Gasteiger partial charge in [0.25, 0.3) is 0 Å². The molecule has 1 fully saturated rings. The molecule has 0 unspecified atom stereocenters. The number of aromatic nitrogens is 1. The summed E-state index contributed by atoms with van der Waals surface area (Å²) < 4.78 is 5.72. The predicted octanol–water partition coefficient (Wildman–Crippen LogP) is 3.26. The van der Waals surface area contributed by atoms with Crippen LogP contribution in [0.25, 0.3) is 0 Å². The molecule has 6 heteroatoms. The van der Waals surface area contributed by atoms with Crippen molar-refractivity contribution in [2.45, 2.75) is 19.9 Å². The number of hydrogen-bond donors (Lipinski definition) is 1. The molecule has 3 rings (SSSR count). The Morgan fingerprint density at radius 1 is 1.00 bits per heavy atom. The molecule has 1 aromatic carbocycles. The van der Waals surface area contributed by atoms with E-state index >= 15 is 0 Å². The van der Waals surface area contributed by atoms with Crippen LogP contribution in [-0.2, 0) is 13.0 Å². The fraction of sp³-hybridized carbons (Fsp3) is 0.421. The number of nitrogens with zero attached hydrogens (tertiary/aromatic N) is 2. The van der Waals surface area contributed by atoms with Crippen molar-refractivity contribution in [1.82, 2.24) is 15.2 Å². The number of nitrogens with one attached hydrogen (secondary N) is 1. The van der Waals surface area contributed by atoms with Crippen molar-refractivity contribution in [3.8, 4) is 5.88 Å². The highest BCUT2D eigenvalue weighted by molar-refractivity contribution is 5.85. The molecule has 1 aliphatic rings. The van der Waals surface area contributed by atoms with Crippen LogP contribution in [0.15, 0.2) is 42.5 Å². The quantitative estimate of drug-likeness (QED) is 0.830. The van der Waals surface area contributed by atoms with Gasteiger partial charge in [-0.25, -0.2) is 4.98 Å². The minimum Gasteiger partial charge on any atom is -0.477 e. The molecule has 0 radical (unpaired) electrons. The van der Waals surface area contributed by atoms with Gasteiger partial charge in [-0.2, -0.15) is 0 Å². The Bertz CT molecular complexity index is 616. The van der Waals surface area contributed by atoms with E-state index < -0.39 is 0 Å². The van der Waals surface area contributed by atoms with Crippen LogP contribution in [-0.4, -0.2) is 42.7 Å². The average Bonchev–Trinajstić information content (AvgIpc) is 2.58. The van der Waals surface area contributed by atoms with Crippen LogP contribution in [0.1, 0.15) is 16.8 Å². The molecule has 0 amide bonds. The largest absolute Gasteiger partial charge is 0.477 e. The number of halogens is 2. The molecular weight excluding hydrogens is 357 g/mol. The summed E-state index contributed by atoms with van der Waals surface area (Å²) in [6.07, 6.45) is 0.906. The summed E-state index contributed by atoms with van der Waals surface area (Å²) in [5.74, 6) is 0.709. The van der Waals surface area contributed by atoms with Crippen molar-refractivity contribution in [3.63, 3.8) is 0 Å². The summed E-state index contributed by atoms with van der Waals surface area (Å²) >= 11 is 0. The standard InChI is InChI=1S/C19H25N3O.2ClH/c1-16-3-2-4-19(21-16)23-14-9-17-5-7-18(8-6-17)15-22-12-10-20-11-13-22;;/h2-8,20H,9-15H2,1H3;2*1H. The third-order valence-corrected chi connectivity index (χ3v) is 4.14. The Balaban J connectivity index is 0.00000156. The number of benzene rings is 1. The Kier molecular flexibility index (Phi) is 9.83. The summed E-state index contributed by atoms with van der Waals surface area (Å²) in [6, 6.07) is 14.8. The molecule has 4 nitrogen and oxygen atoms in total. The van der Waals surface area contributed by atoms with Crippen molar-refractivity contribution in [3.05, 3.63) is 59.3 Å². The zero-order chi connectivity index (χ0) is 15.9. The molecule has 0 bridgehead atoms. The summed E-state index contributed by atoms with van der Waals surface area (Å²) in [4.78, 5) is 6.85. The van der Waals surface area contributed by atoms with E-state index in [4.69, 9.17) is 4.74 Å². The van der Waals surface area contributed by atoms with E-state index in [1.54, 1.807) is 0 Å². The van der Waals surface area contributed by atoms with E-state index in [1.807, 2.05) is 25.1 Å². The molecule has 138 valence electrons. The first kappa shape index (κ1) is 21.7. The molecule has 1 aromatic heterocycles. The van der Waals surface area contributed by atoms with E-state index in [0.29, 0.717) is 12.5 Å². The van der Waals surface area contributed by atoms with Crippen LogP contribution in [0.5, 0.6) is 5.88 Å². The average molecular weight is 384 g/mol. The lowest BCUT2D eigenvalue weighted by Crippen LogP contribution is -2.42. The highest BCUT2D eigenvalue weighted by Crippen LogP contribution is 2.11. The lowest BCUT2D eigenvalue weighted by molar-refractivity contribution is 0.233. The summed E-state index contributed by atoms with van der Waals surface area (Å²) in [6.45, 7) is 8.16. The molecule has 25 heavy (non-hydrogen) atoms. The SMILES string of the molecule is Cc1cccc(OCCc2ccc(CN3CCNCC3)cc2)n1.Cl.Cl. The Morgan fingerprint density at radius 2 is 1.68 bits per heavy atom. The first-order valence-corrected chi connectivity index (χ1v) is 8.37. The molecule has 1 N–H and O–H groups in total. The first-order chi connectivity index (χ1) is 11.3. The number of piperazine rings is 1. The van der Waals surface area contributed by atoms with Gasteiger partial charge in [0.1, 0.15) is 0 Å². The molecule has 0 aliphatic carbocycles. The fourth-order valence-electron chi connectivity index (χ4n) is 2.81. The minimum atomic E-state index is 0. The monoisotopic (exact) mass is 383 g/mol. The molecule has 2 aromatic rings.